The summed E-state index contributed by atoms with van der Waals surface area (Å²) in [5.41, 5.74) is 1.39. The van der Waals surface area contributed by atoms with Crippen LogP contribution in [0.2, 0.25) is 0 Å². The predicted molar refractivity (Wildman–Crippen MR) is 61.6 cm³/mol. The first kappa shape index (κ1) is 10.7. The fourth-order valence-corrected chi connectivity index (χ4v) is 2.60. The molecule has 1 aromatic carbocycles. The molecule has 2 rings (SSSR count). The predicted octanol–water partition coefficient (Wildman–Crippen LogP) is 2.06. The molecule has 1 fully saturated rings. The van der Waals surface area contributed by atoms with Gasteiger partial charge < -0.3 is 5.11 Å². The van der Waals surface area contributed by atoms with Crippen LogP contribution >= 0.6 is 0 Å². The topological polar surface area (TPSA) is 23.5 Å². The van der Waals surface area contributed by atoms with Crippen molar-refractivity contribution < 1.29 is 5.11 Å². The van der Waals surface area contributed by atoms with E-state index in [1.54, 1.807) is 0 Å². The Morgan fingerprint density at radius 3 is 2.73 bits per heavy atom. The summed E-state index contributed by atoms with van der Waals surface area (Å²) in [6.45, 7) is 4.47. The Kier molecular flexibility index (Phi) is 3.39. The molecular weight excluding hydrogens is 186 g/mol. The maximum absolute atomic E-state index is 9.04. The lowest BCUT2D eigenvalue weighted by atomic mass is 9.95. The molecule has 1 aliphatic rings. The van der Waals surface area contributed by atoms with E-state index in [1.165, 1.54) is 12.0 Å². The van der Waals surface area contributed by atoms with Gasteiger partial charge in [0.2, 0.25) is 0 Å². The summed E-state index contributed by atoms with van der Waals surface area (Å²) in [4.78, 5) is 2.39. The van der Waals surface area contributed by atoms with Crippen LogP contribution in [0.3, 0.4) is 0 Å². The number of rotatable bonds is 3. The molecule has 2 atom stereocenters. The van der Waals surface area contributed by atoms with Gasteiger partial charge in [-0.1, -0.05) is 37.3 Å². The molecule has 0 aliphatic carbocycles. The van der Waals surface area contributed by atoms with E-state index in [0.717, 1.165) is 13.1 Å². The van der Waals surface area contributed by atoms with Crippen LogP contribution in [0.4, 0.5) is 0 Å². The van der Waals surface area contributed by atoms with Gasteiger partial charge in [-0.15, -0.1) is 0 Å². The van der Waals surface area contributed by atoms with E-state index >= 15 is 0 Å². The molecule has 0 bridgehead atoms. The first-order valence-corrected chi connectivity index (χ1v) is 5.73. The molecule has 2 nitrogen and oxygen atoms in total. The molecule has 0 saturated carbocycles. The van der Waals surface area contributed by atoms with Crippen LogP contribution in [0, 0.1) is 5.92 Å². The van der Waals surface area contributed by atoms with E-state index in [2.05, 4.69) is 42.2 Å². The minimum Gasteiger partial charge on any atom is -0.395 e. The Morgan fingerprint density at radius 1 is 1.33 bits per heavy atom. The fourth-order valence-electron chi connectivity index (χ4n) is 2.60. The van der Waals surface area contributed by atoms with Crippen molar-refractivity contribution in [2.24, 2.45) is 5.92 Å². The van der Waals surface area contributed by atoms with Gasteiger partial charge in [0.1, 0.15) is 0 Å². The second-order valence-corrected chi connectivity index (χ2v) is 4.38. The van der Waals surface area contributed by atoms with Gasteiger partial charge in [-0.2, -0.15) is 0 Å². The number of benzene rings is 1. The highest BCUT2D eigenvalue weighted by molar-refractivity contribution is 5.20. The monoisotopic (exact) mass is 205 g/mol. The number of aliphatic hydroxyl groups excluding tert-OH is 1. The summed E-state index contributed by atoms with van der Waals surface area (Å²) in [5, 5.41) is 9.04. The largest absolute Gasteiger partial charge is 0.395 e. The lowest BCUT2D eigenvalue weighted by Crippen LogP contribution is -2.27. The molecule has 1 aromatic rings. The third kappa shape index (κ3) is 2.21. The molecule has 1 heterocycles. The summed E-state index contributed by atoms with van der Waals surface area (Å²) in [7, 11) is 0. The third-order valence-corrected chi connectivity index (χ3v) is 3.33. The Labute approximate surface area is 91.5 Å². The zero-order valence-corrected chi connectivity index (χ0v) is 9.26. The average molecular weight is 205 g/mol. The van der Waals surface area contributed by atoms with Gasteiger partial charge in [0.25, 0.3) is 0 Å². The van der Waals surface area contributed by atoms with Crippen molar-refractivity contribution in [1.82, 2.24) is 4.90 Å². The molecule has 1 N–H and O–H groups in total. The van der Waals surface area contributed by atoms with E-state index in [1.807, 2.05) is 0 Å². The minimum atomic E-state index is 0.260. The van der Waals surface area contributed by atoms with Crippen molar-refractivity contribution >= 4 is 0 Å². The molecule has 0 radical (unpaired) electrons. The molecular formula is C13H19NO. The summed E-state index contributed by atoms with van der Waals surface area (Å²) in [6.07, 6.45) is 1.24. The maximum atomic E-state index is 9.04. The molecule has 2 heteroatoms. The first-order valence-electron chi connectivity index (χ1n) is 5.73. The van der Waals surface area contributed by atoms with E-state index < -0.39 is 0 Å². The molecule has 2 unspecified atom stereocenters. The molecule has 82 valence electrons. The van der Waals surface area contributed by atoms with Gasteiger partial charge in [0.15, 0.2) is 0 Å². The normalized spacial score (nSPS) is 27.1. The molecule has 0 spiro atoms. The summed E-state index contributed by atoms with van der Waals surface area (Å²) in [6, 6.07) is 11.1. The van der Waals surface area contributed by atoms with Gasteiger partial charge in [-0.3, -0.25) is 4.90 Å². The van der Waals surface area contributed by atoms with Crippen molar-refractivity contribution in [1.29, 1.82) is 0 Å². The fraction of sp³-hybridized carbons (Fsp3) is 0.538. The minimum absolute atomic E-state index is 0.260. The lowest BCUT2D eigenvalue weighted by molar-refractivity contribution is 0.174. The Bertz CT molecular complexity index is 297. The van der Waals surface area contributed by atoms with Crippen molar-refractivity contribution in [3.8, 4) is 0 Å². The SMILES string of the molecule is CC1CCN(CCO)C1c1ccccc1. The zero-order valence-electron chi connectivity index (χ0n) is 9.26. The summed E-state index contributed by atoms with van der Waals surface area (Å²) in [5.74, 6) is 0.693. The van der Waals surface area contributed by atoms with Crippen LogP contribution < -0.4 is 0 Å². The van der Waals surface area contributed by atoms with Crippen LogP contribution in [-0.4, -0.2) is 29.7 Å². The summed E-state index contributed by atoms with van der Waals surface area (Å²) >= 11 is 0. The zero-order chi connectivity index (χ0) is 10.7. The quantitative estimate of drug-likeness (QED) is 0.816. The van der Waals surface area contributed by atoms with Crippen molar-refractivity contribution in [2.45, 2.75) is 19.4 Å². The number of hydrogen-bond acceptors (Lipinski definition) is 2. The third-order valence-electron chi connectivity index (χ3n) is 3.33. The van der Waals surface area contributed by atoms with Crippen molar-refractivity contribution in [3.63, 3.8) is 0 Å². The van der Waals surface area contributed by atoms with Crippen LogP contribution in [0.1, 0.15) is 24.9 Å². The highest BCUT2D eigenvalue weighted by Gasteiger charge is 2.31. The van der Waals surface area contributed by atoms with Gasteiger partial charge in [0, 0.05) is 12.6 Å². The van der Waals surface area contributed by atoms with Crippen LogP contribution in [0.25, 0.3) is 0 Å². The van der Waals surface area contributed by atoms with Gasteiger partial charge in [0.05, 0.1) is 6.61 Å². The highest BCUT2D eigenvalue weighted by atomic mass is 16.3. The Balaban J connectivity index is 2.17. The molecule has 0 amide bonds. The number of hydrogen-bond donors (Lipinski definition) is 1. The van der Waals surface area contributed by atoms with Crippen LogP contribution in [-0.2, 0) is 0 Å². The van der Waals surface area contributed by atoms with Crippen LogP contribution in [0.5, 0.6) is 0 Å². The number of aliphatic hydroxyl groups is 1. The van der Waals surface area contributed by atoms with E-state index in [0.29, 0.717) is 12.0 Å². The number of β-amino-alcohol motifs (C(OH)–C–C–N with tert-alkyl or cyclic N) is 1. The van der Waals surface area contributed by atoms with Gasteiger partial charge in [-0.05, 0) is 24.4 Å². The van der Waals surface area contributed by atoms with E-state index in [4.69, 9.17) is 5.11 Å². The van der Waals surface area contributed by atoms with E-state index in [9.17, 15) is 0 Å². The second-order valence-electron chi connectivity index (χ2n) is 4.38. The Morgan fingerprint density at radius 2 is 2.07 bits per heavy atom. The molecule has 0 aromatic heterocycles. The molecule has 15 heavy (non-hydrogen) atoms. The number of nitrogens with zero attached hydrogens (tertiary/aromatic N) is 1. The lowest BCUT2D eigenvalue weighted by Gasteiger charge is -2.26. The maximum Gasteiger partial charge on any atom is 0.0558 e. The second kappa shape index (κ2) is 4.77. The summed E-state index contributed by atoms with van der Waals surface area (Å²) < 4.78 is 0. The molecule has 1 aliphatic heterocycles. The van der Waals surface area contributed by atoms with Gasteiger partial charge >= 0.3 is 0 Å². The van der Waals surface area contributed by atoms with Crippen molar-refractivity contribution in [2.75, 3.05) is 19.7 Å². The molecule has 1 saturated heterocycles. The van der Waals surface area contributed by atoms with Crippen molar-refractivity contribution in [3.05, 3.63) is 35.9 Å². The number of likely N-dealkylation sites (tertiary alicyclic amines) is 1. The van der Waals surface area contributed by atoms with E-state index in [-0.39, 0.29) is 6.61 Å². The van der Waals surface area contributed by atoms with Crippen LogP contribution in [0.15, 0.2) is 30.3 Å². The first-order chi connectivity index (χ1) is 7.33. The Hall–Kier alpha value is -0.860. The average Bonchev–Trinajstić information content (AvgIpc) is 2.62. The standard InChI is InChI=1S/C13H19NO/c1-11-7-8-14(9-10-15)13(11)12-5-3-2-4-6-12/h2-6,11,13,15H,7-10H2,1H3. The smallest absolute Gasteiger partial charge is 0.0558 e. The van der Waals surface area contributed by atoms with Gasteiger partial charge in [-0.25, -0.2) is 0 Å². The highest BCUT2D eigenvalue weighted by Crippen LogP contribution is 2.36.